The summed E-state index contributed by atoms with van der Waals surface area (Å²) >= 11 is 0.952. The number of β-lactam (4-membered cyclic amide) rings is 1. The predicted molar refractivity (Wildman–Crippen MR) is 194 cm³/mol. The Labute approximate surface area is 319 Å². The normalized spacial score (nSPS) is 19.0. The average molecular weight is 805 g/mol. The number of amides is 3. The lowest BCUT2D eigenvalue weighted by Crippen LogP contribution is -2.76. The molecule has 296 valence electrons. The topological polar surface area (TPSA) is 261 Å². The summed E-state index contributed by atoms with van der Waals surface area (Å²) in [5.74, 6) is -2.81. The summed E-state index contributed by atoms with van der Waals surface area (Å²) in [4.78, 5) is 62.7. The molecule has 22 heteroatoms. The third-order valence-electron chi connectivity index (χ3n) is 9.49. The van der Waals surface area contributed by atoms with Gasteiger partial charge in [0.15, 0.2) is 17.4 Å². The molecular formula is C33H42N9O11S2+. The van der Waals surface area contributed by atoms with Gasteiger partial charge in [0.05, 0.1) is 17.8 Å². The van der Waals surface area contributed by atoms with E-state index in [4.69, 9.17) is 19.9 Å². The third-order valence-corrected chi connectivity index (χ3v) is 10.5. The Morgan fingerprint density at radius 1 is 1.24 bits per heavy atom. The number of rotatable bonds is 17. The Bertz CT molecular complexity index is 2100. The highest BCUT2D eigenvalue weighted by Gasteiger charge is 2.58. The van der Waals surface area contributed by atoms with Crippen LogP contribution in [0, 0.1) is 5.92 Å². The van der Waals surface area contributed by atoms with Crippen molar-refractivity contribution in [2.24, 2.45) is 11.1 Å². The number of oxime groups is 1. The number of nitrogens with two attached hydrogens (primary N) is 1. The Morgan fingerprint density at radius 2 is 1.96 bits per heavy atom. The molecule has 5 heterocycles. The van der Waals surface area contributed by atoms with Crippen LogP contribution in [0.1, 0.15) is 55.4 Å². The van der Waals surface area contributed by atoms with Crippen LogP contribution in [0.2, 0.25) is 0 Å². The molecule has 6 rings (SSSR count). The number of nitrogens with one attached hydrogen (secondary N) is 2. The number of aromatic nitrogens is 3. The number of hydroxylamine groups is 2. The molecule has 0 unspecified atom stereocenters. The standard InChI is InChI=1S/C33H41N9O11S2/c1-4-5-11-41-24-10-12-40(29(44)22(24)16-39(41)15-19-13-35-14-19)20-6-8-21(9-7-20)51-17-25(31(46)47)52-38-26(23-18-54-32(34)36-23)28(43)37-27-30(45)42(33(27,2)3)53-55(48,49)50/h6-9,16,18-19,25,27,35H,4-5,10-15,17H2,1-3H3,(H4-,34,36,37,43,46,47,48,49,50)/p+1/b38-26-/t25-,27+/m0/s1. The number of carbonyl (C=O) groups is 4. The van der Waals surface area contributed by atoms with E-state index in [0.29, 0.717) is 35.2 Å². The number of carbonyl (C=O) groups excluding carboxylic acids is 3. The molecule has 2 aromatic heterocycles. The molecule has 3 amide bonds. The highest BCUT2D eigenvalue weighted by atomic mass is 32.3. The summed E-state index contributed by atoms with van der Waals surface area (Å²) in [5, 5.41) is 21.1. The Kier molecular flexibility index (Phi) is 11.4. The summed E-state index contributed by atoms with van der Waals surface area (Å²) in [6.07, 6.45) is 3.00. The van der Waals surface area contributed by atoms with E-state index in [1.807, 2.05) is 6.20 Å². The van der Waals surface area contributed by atoms with Crippen molar-refractivity contribution in [3.05, 3.63) is 52.8 Å². The van der Waals surface area contributed by atoms with Gasteiger partial charge in [-0.05, 0) is 44.5 Å². The third kappa shape index (κ3) is 8.57. The van der Waals surface area contributed by atoms with Crippen LogP contribution >= 0.6 is 11.3 Å². The highest BCUT2D eigenvalue weighted by molar-refractivity contribution is 7.80. The van der Waals surface area contributed by atoms with Crippen LogP contribution in [0.15, 0.2) is 41.0 Å². The van der Waals surface area contributed by atoms with E-state index in [9.17, 15) is 32.7 Å². The van der Waals surface area contributed by atoms with E-state index in [0.717, 1.165) is 56.1 Å². The SMILES string of the molecule is CCCCn1c2c(c[n+]1CC1CNC1)C(=O)N(c1ccc(OC[C@H](O/N=C(\C(=O)N[C@@H]3C(=O)N(OS(=O)(=O)O)C3(C)C)c3csc(N)n3)C(=O)O)cc1)CC2. The van der Waals surface area contributed by atoms with Crippen molar-refractivity contribution in [3.63, 3.8) is 0 Å². The number of carboxylic acid groups (broad SMARTS) is 1. The maximum absolute atomic E-state index is 13.7. The van der Waals surface area contributed by atoms with Crippen LogP contribution in [0.4, 0.5) is 10.8 Å². The smallest absolute Gasteiger partial charge is 0.418 e. The number of fused-ring (bicyclic) bond motifs is 1. The van der Waals surface area contributed by atoms with Crippen molar-refractivity contribution in [1.82, 2.24) is 25.4 Å². The molecule has 3 aromatic rings. The fraction of sp³-hybridized carbons (Fsp3) is 0.485. The van der Waals surface area contributed by atoms with Gasteiger partial charge < -0.3 is 35.9 Å². The zero-order valence-electron chi connectivity index (χ0n) is 30.2. The van der Waals surface area contributed by atoms with Crippen molar-refractivity contribution in [2.75, 3.05) is 36.9 Å². The van der Waals surface area contributed by atoms with Gasteiger partial charge in [0.25, 0.3) is 23.8 Å². The molecule has 2 atom stereocenters. The number of carboxylic acids is 1. The number of hydrogen-bond acceptors (Lipinski definition) is 14. The molecule has 3 aliphatic heterocycles. The molecule has 1 aromatic carbocycles. The highest BCUT2D eigenvalue weighted by Crippen LogP contribution is 2.33. The van der Waals surface area contributed by atoms with Crippen molar-refractivity contribution in [1.29, 1.82) is 0 Å². The minimum Gasteiger partial charge on any atom is -0.489 e. The van der Waals surface area contributed by atoms with Gasteiger partial charge in [0.2, 0.25) is 6.20 Å². The molecule has 0 saturated carbocycles. The van der Waals surface area contributed by atoms with Crippen LogP contribution in [-0.2, 0) is 53.4 Å². The van der Waals surface area contributed by atoms with Gasteiger partial charge in [-0.3, -0.25) is 18.9 Å². The van der Waals surface area contributed by atoms with E-state index in [-0.39, 0.29) is 22.5 Å². The predicted octanol–water partition coefficient (Wildman–Crippen LogP) is 0.130. The first-order valence-corrected chi connectivity index (χ1v) is 19.7. The number of nitrogens with zero attached hydrogens (tertiary/aromatic N) is 6. The lowest BCUT2D eigenvalue weighted by atomic mass is 9.84. The molecule has 2 saturated heterocycles. The molecule has 6 N–H and O–H groups in total. The first kappa shape index (κ1) is 39.5. The van der Waals surface area contributed by atoms with Crippen molar-refractivity contribution in [3.8, 4) is 5.75 Å². The lowest BCUT2D eigenvalue weighted by molar-refractivity contribution is -0.781. The van der Waals surface area contributed by atoms with E-state index in [1.54, 1.807) is 29.2 Å². The molecule has 0 spiro atoms. The zero-order chi connectivity index (χ0) is 39.7. The van der Waals surface area contributed by atoms with Gasteiger partial charge in [-0.2, -0.15) is 18.2 Å². The average Bonchev–Trinajstić information content (AvgIpc) is 3.71. The summed E-state index contributed by atoms with van der Waals surface area (Å²) < 4.78 is 45.7. The zero-order valence-corrected chi connectivity index (χ0v) is 31.8. The number of benzene rings is 1. The molecule has 55 heavy (non-hydrogen) atoms. The first-order valence-electron chi connectivity index (χ1n) is 17.4. The molecule has 0 bridgehead atoms. The van der Waals surface area contributed by atoms with Gasteiger partial charge in [0, 0.05) is 43.0 Å². The molecule has 2 fully saturated rings. The molecule has 0 aliphatic carbocycles. The number of unbranched alkanes of at least 4 members (excludes halogenated alkanes) is 1. The maximum Gasteiger partial charge on any atom is 0.418 e. The van der Waals surface area contributed by atoms with Gasteiger partial charge >= 0.3 is 16.4 Å². The number of nitrogen functional groups attached to an aromatic ring is 1. The number of hydrogen-bond donors (Lipinski definition) is 5. The van der Waals surface area contributed by atoms with Gasteiger partial charge in [-0.25, -0.2) is 9.78 Å². The number of aliphatic carboxylic acids is 1. The monoisotopic (exact) mass is 804 g/mol. The minimum atomic E-state index is -5.03. The van der Waals surface area contributed by atoms with Crippen LogP contribution in [0.5, 0.6) is 5.75 Å². The van der Waals surface area contributed by atoms with Crippen LogP contribution < -0.4 is 30.7 Å². The second kappa shape index (κ2) is 15.9. The van der Waals surface area contributed by atoms with Gasteiger partial charge in [-0.1, -0.05) is 18.5 Å². The van der Waals surface area contributed by atoms with E-state index < -0.39 is 58.2 Å². The summed E-state index contributed by atoms with van der Waals surface area (Å²) in [5.41, 5.74) is 6.02. The number of ether oxygens (including phenoxy) is 1. The van der Waals surface area contributed by atoms with Gasteiger partial charge in [0.1, 0.15) is 29.7 Å². The fourth-order valence-corrected chi connectivity index (χ4v) is 7.38. The van der Waals surface area contributed by atoms with Crippen molar-refractivity contribution in [2.45, 2.75) is 70.8 Å². The van der Waals surface area contributed by atoms with Crippen LogP contribution in [0.25, 0.3) is 0 Å². The number of thiazole rings is 1. The number of anilines is 2. The summed E-state index contributed by atoms with van der Waals surface area (Å²) in [6.45, 7) is 8.43. The van der Waals surface area contributed by atoms with E-state index >= 15 is 0 Å². The summed E-state index contributed by atoms with van der Waals surface area (Å²) in [6, 6.07) is 5.26. The molecule has 3 aliphatic rings. The Morgan fingerprint density at radius 3 is 2.55 bits per heavy atom. The van der Waals surface area contributed by atoms with Crippen LogP contribution in [-0.4, -0.2) is 106 Å². The molecular weight excluding hydrogens is 763 g/mol. The van der Waals surface area contributed by atoms with Crippen molar-refractivity contribution < 1.29 is 55.8 Å². The summed E-state index contributed by atoms with van der Waals surface area (Å²) in [7, 11) is -5.03. The lowest BCUT2D eigenvalue weighted by Gasteiger charge is -2.50. The second-order valence-corrected chi connectivity index (χ2v) is 15.7. The Balaban J connectivity index is 1.11. The minimum absolute atomic E-state index is 0.0484. The molecule has 0 radical (unpaired) electrons. The fourth-order valence-electron chi connectivity index (χ4n) is 6.38. The first-order chi connectivity index (χ1) is 26.1. The Hall–Kier alpha value is -5.16. The maximum atomic E-state index is 13.7. The second-order valence-electron chi connectivity index (χ2n) is 13.8. The van der Waals surface area contributed by atoms with Crippen LogP contribution in [0.3, 0.4) is 0 Å². The van der Waals surface area contributed by atoms with Crippen molar-refractivity contribution >= 4 is 62.0 Å². The largest absolute Gasteiger partial charge is 0.489 e. The molecule has 20 nitrogen and oxygen atoms in total. The van der Waals surface area contributed by atoms with Gasteiger partial charge in [-0.15, -0.1) is 20.3 Å². The quantitative estimate of drug-likeness (QED) is 0.0400. The van der Waals surface area contributed by atoms with E-state index in [2.05, 4.69) is 41.3 Å². The van der Waals surface area contributed by atoms with E-state index in [1.165, 1.54) is 19.2 Å².